The Labute approximate surface area is 191 Å². The highest BCUT2D eigenvalue weighted by Gasteiger charge is 2.24. The van der Waals surface area contributed by atoms with Crippen LogP contribution in [0.4, 0.5) is 11.4 Å². The second kappa shape index (κ2) is 9.78. The second-order valence-corrected chi connectivity index (χ2v) is 7.83. The number of carbonyl (C=O) groups is 1. The average molecular weight is 453 g/mol. The third-order valence-corrected chi connectivity index (χ3v) is 5.86. The van der Waals surface area contributed by atoms with E-state index in [0.717, 1.165) is 28.6 Å². The lowest BCUT2D eigenvalue weighted by molar-refractivity contribution is -0.384. The van der Waals surface area contributed by atoms with E-state index in [1.54, 1.807) is 11.0 Å². The Bertz CT molecular complexity index is 1150. The number of hydrogen-bond donors (Lipinski definition) is 2. The highest BCUT2D eigenvalue weighted by atomic mass is 16.6. The van der Waals surface area contributed by atoms with Crippen molar-refractivity contribution in [3.05, 3.63) is 58.3 Å². The van der Waals surface area contributed by atoms with Gasteiger partial charge in [0, 0.05) is 49.3 Å². The summed E-state index contributed by atoms with van der Waals surface area (Å²) in [6.07, 6.45) is 2.72. The molecule has 0 saturated carbocycles. The molecule has 3 N–H and O–H groups in total. The van der Waals surface area contributed by atoms with Crippen molar-refractivity contribution in [1.29, 1.82) is 0 Å². The topological polar surface area (TPSA) is 127 Å². The van der Waals surface area contributed by atoms with Crippen molar-refractivity contribution in [2.75, 3.05) is 51.3 Å². The first-order chi connectivity index (χ1) is 16.0. The molecular formula is C23H27N5O5. The number of aromatic nitrogens is 1. The van der Waals surface area contributed by atoms with Crippen LogP contribution in [0.3, 0.4) is 0 Å². The summed E-state index contributed by atoms with van der Waals surface area (Å²) in [4.78, 5) is 30.3. The Kier molecular flexibility index (Phi) is 6.64. The van der Waals surface area contributed by atoms with Gasteiger partial charge in [-0.2, -0.15) is 0 Å². The first-order valence-electron chi connectivity index (χ1n) is 10.8. The molecule has 0 spiro atoms. The van der Waals surface area contributed by atoms with Gasteiger partial charge in [-0.05, 0) is 42.8 Å². The molecule has 0 unspecified atom stereocenters. The van der Waals surface area contributed by atoms with Crippen LogP contribution in [0.25, 0.3) is 10.9 Å². The number of benzene rings is 2. The zero-order valence-corrected chi connectivity index (χ0v) is 18.5. The molecule has 1 aliphatic rings. The number of amides is 1. The molecule has 3 aromatic rings. The summed E-state index contributed by atoms with van der Waals surface area (Å²) < 4.78 is 11.1. The maximum atomic E-state index is 12.7. The molecule has 4 rings (SSSR count). The van der Waals surface area contributed by atoms with Gasteiger partial charge in [0.15, 0.2) is 6.61 Å². The van der Waals surface area contributed by atoms with Crippen molar-refractivity contribution < 1.29 is 19.2 Å². The van der Waals surface area contributed by atoms with Gasteiger partial charge < -0.3 is 30.0 Å². The highest BCUT2D eigenvalue weighted by Crippen LogP contribution is 2.32. The fraction of sp³-hybridized carbons (Fsp3) is 0.348. The number of piperazine rings is 1. The number of ether oxygens (including phenoxy) is 2. The number of nitrogens with zero attached hydrogens (tertiary/aromatic N) is 3. The van der Waals surface area contributed by atoms with Crippen LogP contribution in [0, 0.1) is 10.1 Å². The van der Waals surface area contributed by atoms with Gasteiger partial charge in [0.2, 0.25) is 0 Å². The van der Waals surface area contributed by atoms with Crippen molar-refractivity contribution in [2.45, 2.75) is 6.42 Å². The van der Waals surface area contributed by atoms with Gasteiger partial charge in [0.1, 0.15) is 11.5 Å². The number of hydrogen-bond acceptors (Lipinski definition) is 7. The molecule has 1 aliphatic heterocycles. The maximum absolute atomic E-state index is 12.7. The van der Waals surface area contributed by atoms with Crippen LogP contribution in [0.5, 0.6) is 11.5 Å². The van der Waals surface area contributed by atoms with Gasteiger partial charge in [-0.15, -0.1) is 0 Å². The Morgan fingerprint density at radius 1 is 1.18 bits per heavy atom. The van der Waals surface area contributed by atoms with Crippen LogP contribution >= 0.6 is 0 Å². The lowest BCUT2D eigenvalue weighted by Gasteiger charge is -2.36. The van der Waals surface area contributed by atoms with E-state index in [1.165, 1.54) is 19.2 Å². The van der Waals surface area contributed by atoms with Crippen molar-refractivity contribution in [3.63, 3.8) is 0 Å². The summed E-state index contributed by atoms with van der Waals surface area (Å²) in [5.41, 5.74) is 8.57. The fourth-order valence-corrected chi connectivity index (χ4v) is 4.08. The van der Waals surface area contributed by atoms with Crippen LogP contribution < -0.4 is 20.1 Å². The number of methoxy groups -OCH3 is 1. The van der Waals surface area contributed by atoms with Crippen LogP contribution in [0.15, 0.2) is 42.6 Å². The van der Waals surface area contributed by atoms with Crippen LogP contribution in [-0.2, 0) is 11.2 Å². The molecule has 2 heterocycles. The summed E-state index contributed by atoms with van der Waals surface area (Å²) in [5.74, 6) is 1.01. The fourth-order valence-electron chi connectivity index (χ4n) is 4.08. The molecule has 10 nitrogen and oxygen atoms in total. The number of nitrogens with one attached hydrogen (secondary N) is 1. The Morgan fingerprint density at radius 3 is 2.67 bits per heavy atom. The van der Waals surface area contributed by atoms with E-state index in [2.05, 4.69) is 9.88 Å². The molecule has 33 heavy (non-hydrogen) atoms. The van der Waals surface area contributed by atoms with E-state index in [1.807, 2.05) is 24.4 Å². The number of carbonyl (C=O) groups excluding carboxylic acids is 1. The molecule has 0 bridgehead atoms. The Balaban J connectivity index is 1.34. The predicted octanol–water partition coefficient (Wildman–Crippen LogP) is 2.31. The van der Waals surface area contributed by atoms with Crippen molar-refractivity contribution in [3.8, 4) is 11.5 Å². The highest BCUT2D eigenvalue weighted by molar-refractivity contribution is 5.85. The van der Waals surface area contributed by atoms with E-state index in [9.17, 15) is 14.9 Å². The number of nitrogens with two attached hydrogens (primary N) is 1. The largest absolute Gasteiger partial charge is 0.494 e. The summed E-state index contributed by atoms with van der Waals surface area (Å²) in [6, 6.07) is 10.3. The maximum Gasteiger partial charge on any atom is 0.273 e. The Morgan fingerprint density at radius 2 is 1.97 bits per heavy atom. The Hall–Kier alpha value is -3.79. The zero-order valence-electron chi connectivity index (χ0n) is 18.5. The first-order valence-corrected chi connectivity index (χ1v) is 10.8. The predicted molar refractivity (Wildman–Crippen MR) is 125 cm³/mol. The lowest BCUT2D eigenvalue weighted by Crippen LogP contribution is -2.50. The molecular weight excluding hydrogens is 426 g/mol. The molecule has 1 amide bonds. The quantitative estimate of drug-likeness (QED) is 0.396. The molecule has 1 fully saturated rings. The lowest BCUT2D eigenvalue weighted by atomic mass is 10.1. The van der Waals surface area contributed by atoms with Crippen molar-refractivity contribution in [1.82, 2.24) is 9.88 Å². The van der Waals surface area contributed by atoms with Crippen LogP contribution in [0.2, 0.25) is 0 Å². The zero-order chi connectivity index (χ0) is 23.4. The number of fused-ring (bicyclic) bond motifs is 1. The third-order valence-electron chi connectivity index (χ3n) is 5.86. The molecule has 0 atom stereocenters. The minimum atomic E-state index is -0.449. The van der Waals surface area contributed by atoms with Crippen LogP contribution in [-0.4, -0.2) is 67.2 Å². The summed E-state index contributed by atoms with van der Waals surface area (Å²) in [6.45, 7) is 2.77. The van der Waals surface area contributed by atoms with Crippen molar-refractivity contribution >= 4 is 28.2 Å². The van der Waals surface area contributed by atoms with E-state index >= 15 is 0 Å². The van der Waals surface area contributed by atoms with Gasteiger partial charge >= 0.3 is 0 Å². The smallest absolute Gasteiger partial charge is 0.273 e. The molecule has 0 aliphatic carbocycles. The molecule has 1 aromatic heterocycles. The van der Waals surface area contributed by atoms with E-state index in [0.29, 0.717) is 44.2 Å². The first kappa shape index (κ1) is 22.4. The number of anilines is 1. The SMILES string of the molecule is COc1cc([N+](=O)[O-])ccc1N1CCN(C(=O)COc2ccc3[nH]cc(CCN)c3c2)CC1. The summed E-state index contributed by atoms with van der Waals surface area (Å²) in [5, 5.41) is 12.1. The van der Waals surface area contributed by atoms with Gasteiger partial charge in [0.25, 0.3) is 11.6 Å². The molecule has 174 valence electrons. The molecule has 0 radical (unpaired) electrons. The molecule has 10 heteroatoms. The number of rotatable bonds is 8. The van der Waals surface area contributed by atoms with Gasteiger partial charge in [-0.3, -0.25) is 14.9 Å². The number of H-pyrrole nitrogens is 1. The normalized spacial score (nSPS) is 13.9. The summed E-state index contributed by atoms with van der Waals surface area (Å²) >= 11 is 0. The third kappa shape index (κ3) is 4.85. The van der Waals surface area contributed by atoms with E-state index < -0.39 is 4.92 Å². The monoisotopic (exact) mass is 453 g/mol. The number of nitro groups is 1. The molecule has 2 aromatic carbocycles. The number of nitro benzene ring substituents is 1. The van der Waals surface area contributed by atoms with Crippen molar-refractivity contribution in [2.24, 2.45) is 5.73 Å². The average Bonchev–Trinajstić information content (AvgIpc) is 3.24. The van der Waals surface area contributed by atoms with Gasteiger partial charge in [0.05, 0.1) is 23.8 Å². The summed E-state index contributed by atoms with van der Waals surface area (Å²) in [7, 11) is 1.49. The second-order valence-electron chi connectivity index (χ2n) is 7.83. The minimum Gasteiger partial charge on any atom is -0.494 e. The van der Waals surface area contributed by atoms with E-state index in [-0.39, 0.29) is 18.2 Å². The molecule has 1 saturated heterocycles. The van der Waals surface area contributed by atoms with Crippen LogP contribution in [0.1, 0.15) is 5.56 Å². The standard InChI is InChI=1S/C23H27N5O5/c1-32-22-12-17(28(30)31)2-5-21(22)26-8-10-27(11-9-26)23(29)15-33-18-3-4-20-19(13-18)16(6-7-24)14-25-20/h2-5,12-14,25H,6-11,15,24H2,1H3. The number of aromatic amines is 1. The minimum absolute atomic E-state index is 0.0189. The van der Waals surface area contributed by atoms with Gasteiger partial charge in [-0.25, -0.2) is 0 Å². The van der Waals surface area contributed by atoms with Gasteiger partial charge in [-0.1, -0.05) is 0 Å². The number of non-ortho nitro benzene ring substituents is 1. The van der Waals surface area contributed by atoms with E-state index in [4.69, 9.17) is 15.2 Å².